The second-order valence-electron chi connectivity index (χ2n) is 15.9. The maximum absolute atomic E-state index is 13.4. The Kier molecular flexibility index (Phi) is 15.4. The molecule has 3 aliphatic carbocycles. The molecule has 2 bridgehead atoms. The molecule has 3 fully saturated rings. The molecule has 3 rings (SSSR count). The van der Waals surface area contributed by atoms with E-state index < -0.39 is 140 Å². The molecule has 6 nitrogen and oxygen atoms in total. The van der Waals surface area contributed by atoms with E-state index in [0.29, 0.717) is 18.8 Å². The zero-order valence-electron chi connectivity index (χ0n) is 31.9. The molecule has 62 heavy (non-hydrogen) atoms. The van der Waals surface area contributed by atoms with Crippen LogP contribution in [-0.4, -0.2) is 101 Å². The van der Waals surface area contributed by atoms with Gasteiger partial charge in [0.15, 0.2) is 12.0 Å². The molecule has 0 saturated heterocycles. The van der Waals surface area contributed by atoms with E-state index in [-0.39, 0.29) is 24.7 Å². The second kappa shape index (κ2) is 17.2. The van der Waals surface area contributed by atoms with Crippen molar-refractivity contribution in [1.82, 2.24) is 0 Å². The summed E-state index contributed by atoms with van der Waals surface area (Å²) in [6, 6.07) is 0. The first-order valence-corrected chi connectivity index (χ1v) is 17.8. The van der Waals surface area contributed by atoms with Gasteiger partial charge in [0.25, 0.3) is 11.2 Å². The summed E-state index contributed by atoms with van der Waals surface area (Å²) in [6.07, 6.45) is -46.8. The van der Waals surface area contributed by atoms with Gasteiger partial charge in [0.1, 0.15) is 6.10 Å². The Balaban J connectivity index is 0.000000458. The molecule has 0 radical (unpaired) electrons. The highest BCUT2D eigenvalue weighted by molar-refractivity contribution is 5.77. The van der Waals surface area contributed by atoms with E-state index in [1.807, 2.05) is 13.8 Å². The van der Waals surface area contributed by atoms with Crippen molar-refractivity contribution < 1.29 is 130 Å². The third kappa shape index (κ3) is 9.62. The number of hydrogen-bond acceptors (Lipinski definition) is 6. The van der Waals surface area contributed by atoms with E-state index in [1.165, 1.54) is 0 Å². The fourth-order valence-electron chi connectivity index (χ4n) is 7.99. The Morgan fingerprint density at radius 3 is 1.32 bits per heavy atom. The van der Waals surface area contributed by atoms with Crippen LogP contribution in [0.2, 0.25) is 0 Å². The number of halogens is 23. The van der Waals surface area contributed by atoms with Gasteiger partial charge in [-0.15, -0.1) is 0 Å². The van der Waals surface area contributed by atoms with Crippen LogP contribution >= 0.6 is 0 Å². The minimum atomic E-state index is -6.77. The van der Waals surface area contributed by atoms with Gasteiger partial charge < -0.3 is 19.7 Å². The molecule has 3 saturated carbocycles. The monoisotopic (exact) mass is 966 g/mol. The van der Waals surface area contributed by atoms with Gasteiger partial charge in [-0.3, -0.25) is 9.59 Å². The van der Waals surface area contributed by atoms with Crippen molar-refractivity contribution in [3.8, 4) is 0 Å². The lowest BCUT2D eigenvalue weighted by molar-refractivity contribution is -0.405. The van der Waals surface area contributed by atoms with Crippen molar-refractivity contribution in [3.05, 3.63) is 0 Å². The van der Waals surface area contributed by atoms with E-state index in [1.54, 1.807) is 0 Å². The average Bonchev–Trinajstić information content (AvgIpc) is 3.65. The molecule has 0 aliphatic heterocycles. The number of fused-ring (bicyclic) bond motifs is 2. The first-order chi connectivity index (χ1) is 27.3. The summed E-state index contributed by atoms with van der Waals surface area (Å²) in [5.74, 6) is -29.5. The lowest BCUT2D eigenvalue weighted by Crippen LogP contribution is -2.67. The van der Waals surface area contributed by atoms with Gasteiger partial charge in [0.05, 0.1) is 5.92 Å². The van der Waals surface area contributed by atoms with Gasteiger partial charge in [-0.25, -0.2) is 8.78 Å². The fraction of sp³-hybridized carbons (Fsp3) is 0.939. The summed E-state index contributed by atoms with van der Waals surface area (Å²) in [7, 11) is 0. The maximum atomic E-state index is 13.4. The SMILES string of the molecule is CC1C2CC(C(=O)OCC(F)(F)C(F)(F)C(F)(F)C(F)F)C(C2)C1C.CCC(C)(C(=O)OC1CC(C(O)(C(F)(F)F)C(F)(F)F)CC(C(O)(C(F)(F)F)C(F)(F)F)C1)C(F)(F)F. The highest BCUT2D eigenvalue weighted by Gasteiger charge is 2.79. The Hall–Kier alpha value is -2.75. The summed E-state index contributed by atoms with van der Waals surface area (Å²) in [5.41, 5.74) is -15.5. The van der Waals surface area contributed by atoms with Crippen LogP contribution in [0.25, 0.3) is 0 Å². The summed E-state index contributed by atoms with van der Waals surface area (Å²) >= 11 is 0. The number of aliphatic hydroxyl groups is 2. The van der Waals surface area contributed by atoms with Crippen LogP contribution < -0.4 is 0 Å². The molecule has 3 aliphatic rings. The highest BCUT2D eigenvalue weighted by Crippen LogP contribution is 2.59. The van der Waals surface area contributed by atoms with Crippen molar-refractivity contribution in [1.29, 1.82) is 0 Å². The van der Waals surface area contributed by atoms with E-state index >= 15 is 0 Å². The van der Waals surface area contributed by atoms with Gasteiger partial charge in [0, 0.05) is 11.8 Å². The minimum absolute atomic E-state index is 0.112. The number of carbonyl (C=O) groups excluding carboxylic acids is 2. The van der Waals surface area contributed by atoms with Crippen LogP contribution in [0.5, 0.6) is 0 Å². The molecule has 29 heteroatoms. The predicted molar refractivity (Wildman–Crippen MR) is 159 cm³/mol. The lowest BCUT2D eigenvalue weighted by atomic mass is 9.65. The standard InChI is InChI=1S/C18H19F15O4.C15H18F8O2/c1-3-11(2,14(19,20)21)10(34)37-9-5-7(12(35,15(22,23)24)16(25,26)27)4-8(6-9)13(36,17(28,29)30)18(31,32)33;1-6-7(2)9-3-8(6)4-10(9)11(24)25-5-13(18,19)15(22,23)14(20,21)12(16)17/h7-9,35-36H,3-6H2,1-2H3;6-10,12H,3-5H2,1-2H3. The van der Waals surface area contributed by atoms with Crippen LogP contribution in [0, 0.1) is 46.8 Å². The van der Waals surface area contributed by atoms with Gasteiger partial charge in [0.2, 0.25) is 0 Å². The molecular formula is C33H37F23O6. The molecule has 366 valence electrons. The molecule has 8 atom stereocenters. The Bertz CT molecular complexity index is 1490. The predicted octanol–water partition coefficient (Wildman–Crippen LogP) is 10.6. The Morgan fingerprint density at radius 2 is 1.02 bits per heavy atom. The third-order valence-electron chi connectivity index (χ3n) is 12.4. The van der Waals surface area contributed by atoms with Crippen LogP contribution in [0.15, 0.2) is 0 Å². The van der Waals surface area contributed by atoms with E-state index in [2.05, 4.69) is 9.47 Å². The number of esters is 2. The first-order valence-electron chi connectivity index (χ1n) is 17.8. The van der Waals surface area contributed by atoms with Gasteiger partial charge in [-0.2, -0.15) is 92.2 Å². The third-order valence-corrected chi connectivity index (χ3v) is 12.4. The molecule has 0 aromatic rings. The Labute approximate surface area is 334 Å². The van der Waals surface area contributed by atoms with E-state index in [0.717, 1.165) is 6.92 Å². The number of carbonyl (C=O) groups is 2. The van der Waals surface area contributed by atoms with Crippen molar-refractivity contribution in [3.63, 3.8) is 0 Å². The Morgan fingerprint density at radius 1 is 0.613 bits per heavy atom. The highest BCUT2D eigenvalue weighted by atomic mass is 19.4. The maximum Gasteiger partial charge on any atom is 0.426 e. The molecular weight excluding hydrogens is 929 g/mol. The summed E-state index contributed by atoms with van der Waals surface area (Å²) in [4.78, 5) is 24.1. The number of rotatable bonds is 11. The molecule has 0 amide bonds. The molecule has 0 heterocycles. The van der Waals surface area contributed by atoms with Gasteiger partial charge in [-0.1, -0.05) is 20.8 Å². The topological polar surface area (TPSA) is 93.1 Å². The largest absolute Gasteiger partial charge is 0.462 e. The quantitative estimate of drug-likeness (QED) is 0.158. The van der Waals surface area contributed by atoms with Crippen LogP contribution in [0.3, 0.4) is 0 Å². The molecule has 8 unspecified atom stereocenters. The van der Waals surface area contributed by atoms with E-state index in [9.17, 15) is 121 Å². The van der Waals surface area contributed by atoms with Crippen LogP contribution in [-0.2, 0) is 19.1 Å². The molecule has 0 aromatic heterocycles. The average molecular weight is 967 g/mol. The lowest BCUT2D eigenvalue weighted by Gasteiger charge is -2.48. The smallest absolute Gasteiger partial charge is 0.426 e. The van der Waals surface area contributed by atoms with E-state index in [4.69, 9.17) is 0 Å². The molecule has 0 aromatic carbocycles. The normalized spacial score (nSPS) is 28.3. The summed E-state index contributed by atoms with van der Waals surface area (Å²) < 4.78 is 311. The minimum Gasteiger partial charge on any atom is -0.462 e. The second-order valence-corrected chi connectivity index (χ2v) is 15.9. The van der Waals surface area contributed by atoms with Crippen molar-refractivity contribution in [2.45, 2.75) is 139 Å². The van der Waals surface area contributed by atoms with Crippen LogP contribution in [0.4, 0.5) is 101 Å². The molecule has 0 spiro atoms. The first kappa shape index (κ1) is 55.4. The zero-order chi connectivity index (χ0) is 49.2. The van der Waals surface area contributed by atoms with Crippen molar-refractivity contribution in [2.75, 3.05) is 6.61 Å². The summed E-state index contributed by atoms with van der Waals surface area (Å²) in [5, 5.41) is 19.1. The zero-order valence-corrected chi connectivity index (χ0v) is 31.9. The summed E-state index contributed by atoms with van der Waals surface area (Å²) in [6.45, 7) is 2.38. The number of hydrogen-bond donors (Lipinski definition) is 2. The fourth-order valence-corrected chi connectivity index (χ4v) is 7.99. The van der Waals surface area contributed by atoms with Crippen molar-refractivity contribution in [2.24, 2.45) is 46.8 Å². The van der Waals surface area contributed by atoms with Gasteiger partial charge in [-0.05, 0) is 69.1 Å². The van der Waals surface area contributed by atoms with Gasteiger partial charge >= 0.3 is 67.0 Å². The number of alkyl halides is 23. The number of ether oxygens (including phenoxy) is 2. The van der Waals surface area contributed by atoms with Crippen LogP contribution in [0.1, 0.15) is 66.2 Å². The molecule has 2 N–H and O–H groups in total. The van der Waals surface area contributed by atoms with Crippen molar-refractivity contribution >= 4 is 11.9 Å².